The second-order valence-electron chi connectivity index (χ2n) is 4.06. The molecule has 20 heavy (non-hydrogen) atoms. The molecule has 0 saturated heterocycles. The Bertz CT molecular complexity index is 428. The molecule has 0 heterocycles. The van der Waals surface area contributed by atoms with Crippen molar-refractivity contribution < 1.29 is 4.79 Å². The molecule has 1 aromatic rings. The van der Waals surface area contributed by atoms with Crippen molar-refractivity contribution >= 4 is 11.6 Å². The van der Waals surface area contributed by atoms with Gasteiger partial charge >= 0.3 is 0 Å². The molecule has 0 fully saturated rings. The molecule has 0 bridgehead atoms. The van der Waals surface area contributed by atoms with Gasteiger partial charge in [0.05, 0.1) is 0 Å². The number of carbonyl (C=O) groups is 1. The molecule has 108 valence electrons. The lowest BCUT2D eigenvalue weighted by atomic mass is 10.2. The Balaban J connectivity index is 0.000000327. The number of allylic oxidation sites excluding steroid dienone is 6. The van der Waals surface area contributed by atoms with Crippen LogP contribution in [-0.4, -0.2) is 5.91 Å². The fourth-order valence-corrected chi connectivity index (χ4v) is 1.40. The second kappa shape index (κ2) is 12.0. The Morgan fingerprint density at radius 2 is 1.45 bits per heavy atom. The highest BCUT2D eigenvalue weighted by Gasteiger charge is 1.90. The van der Waals surface area contributed by atoms with Gasteiger partial charge in [-0.2, -0.15) is 0 Å². The molecule has 0 atom stereocenters. The summed E-state index contributed by atoms with van der Waals surface area (Å²) in [5, 5.41) is 2.67. The number of hydrogen-bond acceptors (Lipinski definition) is 1. The van der Waals surface area contributed by atoms with Crippen LogP contribution >= 0.6 is 0 Å². The first-order valence-corrected chi connectivity index (χ1v) is 7.03. The van der Waals surface area contributed by atoms with E-state index < -0.39 is 0 Å². The summed E-state index contributed by atoms with van der Waals surface area (Å²) in [5.41, 5.74) is 0.843. The average Bonchev–Trinajstić information content (AvgIpc) is 2.70. The van der Waals surface area contributed by atoms with E-state index in [1.54, 1.807) is 0 Å². The molecule has 0 aromatic heterocycles. The largest absolute Gasteiger partial charge is 0.326 e. The first-order chi connectivity index (χ1) is 9.68. The number of amides is 1. The van der Waals surface area contributed by atoms with Gasteiger partial charge in [-0.25, -0.2) is 0 Å². The number of anilines is 1. The van der Waals surface area contributed by atoms with Crippen LogP contribution in [0.2, 0.25) is 0 Å². The molecule has 2 rings (SSSR count). The number of nitrogens with one attached hydrogen (secondary N) is 1. The maximum Gasteiger partial charge on any atom is 0.221 e. The summed E-state index contributed by atoms with van der Waals surface area (Å²) >= 11 is 0. The van der Waals surface area contributed by atoms with E-state index in [0.29, 0.717) is 5.92 Å². The highest BCUT2D eigenvalue weighted by atomic mass is 16.1. The van der Waals surface area contributed by atoms with Crippen LogP contribution in [0.15, 0.2) is 66.8 Å². The van der Waals surface area contributed by atoms with Crippen molar-refractivity contribution in [3.05, 3.63) is 66.8 Å². The van der Waals surface area contributed by atoms with Gasteiger partial charge in [-0.15, -0.1) is 0 Å². The van der Waals surface area contributed by atoms with Crippen molar-refractivity contribution in [3.8, 4) is 0 Å². The van der Waals surface area contributed by atoms with E-state index >= 15 is 0 Å². The van der Waals surface area contributed by atoms with Crippen LogP contribution in [0.1, 0.15) is 27.7 Å². The van der Waals surface area contributed by atoms with Gasteiger partial charge in [-0.3, -0.25) is 4.79 Å². The topological polar surface area (TPSA) is 29.1 Å². The number of hydrogen-bond donors (Lipinski definition) is 1. The summed E-state index contributed by atoms with van der Waals surface area (Å²) < 4.78 is 0. The maximum absolute atomic E-state index is 10.5. The van der Waals surface area contributed by atoms with E-state index in [1.165, 1.54) is 6.92 Å². The van der Waals surface area contributed by atoms with Crippen molar-refractivity contribution in [2.45, 2.75) is 27.7 Å². The number of carbonyl (C=O) groups excluding carboxylic acids is 1. The minimum Gasteiger partial charge on any atom is -0.326 e. The minimum absolute atomic E-state index is 0.0359. The van der Waals surface area contributed by atoms with Crippen molar-refractivity contribution in [2.24, 2.45) is 5.92 Å². The molecule has 2 nitrogen and oxygen atoms in total. The molecule has 0 aliphatic heterocycles. The normalized spacial score (nSPS) is 12.4. The van der Waals surface area contributed by atoms with Gasteiger partial charge in [0.15, 0.2) is 0 Å². The fraction of sp³-hybridized carbons (Fsp3) is 0.278. The zero-order valence-corrected chi connectivity index (χ0v) is 12.8. The molecule has 0 radical (unpaired) electrons. The average molecular weight is 271 g/mol. The van der Waals surface area contributed by atoms with Gasteiger partial charge in [-0.1, -0.05) is 75.4 Å². The lowest BCUT2D eigenvalue weighted by Gasteiger charge is -1.98. The summed E-state index contributed by atoms with van der Waals surface area (Å²) in [6.07, 6.45) is 12.6. The summed E-state index contributed by atoms with van der Waals surface area (Å²) in [4.78, 5) is 10.5. The van der Waals surface area contributed by atoms with Crippen LogP contribution in [0.25, 0.3) is 0 Å². The van der Waals surface area contributed by atoms with E-state index in [-0.39, 0.29) is 5.91 Å². The van der Waals surface area contributed by atoms with E-state index in [4.69, 9.17) is 0 Å². The van der Waals surface area contributed by atoms with Crippen LogP contribution in [0, 0.1) is 5.92 Å². The highest BCUT2D eigenvalue weighted by Crippen LogP contribution is 2.03. The number of para-hydroxylation sites is 1. The standard InChI is InChI=1S/C8H9NO.C8H10.C2H6/c1-7(10)9-8-5-3-2-4-6-8;1-8-6-4-2-3-5-7-8;1-2/h2-6H,1H3,(H,9,10);2-8H,1H3;1-2H3. The molecule has 2 heteroatoms. The molecular formula is C18H25NO. The van der Waals surface area contributed by atoms with Crippen molar-refractivity contribution in [2.75, 3.05) is 5.32 Å². The maximum atomic E-state index is 10.5. The van der Waals surface area contributed by atoms with Crippen LogP contribution in [0.3, 0.4) is 0 Å². The van der Waals surface area contributed by atoms with Crippen molar-refractivity contribution in [1.29, 1.82) is 0 Å². The molecular weight excluding hydrogens is 246 g/mol. The van der Waals surface area contributed by atoms with E-state index in [1.807, 2.05) is 56.3 Å². The third-order valence-corrected chi connectivity index (χ3v) is 2.26. The van der Waals surface area contributed by atoms with Gasteiger partial charge in [0.2, 0.25) is 5.91 Å². The Labute approximate surface area is 122 Å². The molecule has 1 aliphatic carbocycles. The zero-order valence-electron chi connectivity index (χ0n) is 12.8. The molecule has 1 aromatic carbocycles. The van der Waals surface area contributed by atoms with Gasteiger partial charge in [-0.05, 0) is 18.1 Å². The molecule has 0 unspecified atom stereocenters. The third kappa shape index (κ3) is 9.89. The molecule has 1 amide bonds. The quantitative estimate of drug-likeness (QED) is 0.767. The van der Waals surface area contributed by atoms with E-state index in [2.05, 4.69) is 36.5 Å². The first-order valence-electron chi connectivity index (χ1n) is 7.03. The number of rotatable bonds is 1. The lowest BCUT2D eigenvalue weighted by Crippen LogP contribution is -2.04. The van der Waals surface area contributed by atoms with E-state index in [0.717, 1.165) is 5.69 Å². The second-order valence-corrected chi connectivity index (χ2v) is 4.06. The molecule has 1 N–H and O–H groups in total. The summed E-state index contributed by atoms with van der Waals surface area (Å²) in [6.45, 7) is 7.66. The molecule has 0 spiro atoms. The SMILES string of the molecule is CC.CC(=O)Nc1ccccc1.CC1C=CC=CC=C1. The van der Waals surface area contributed by atoms with Gasteiger partial charge in [0, 0.05) is 12.6 Å². The Morgan fingerprint density at radius 3 is 1.90 bits per heavy atom. The molecule has 0 saturated carbocycles. The van der Waals surface area contributed by atoms with Crippen molar-refractivity contribution in [1.82, 2.24) is 0 Å². The number of benzene rings is 1. The Kier molecular flexibility index (Phi) is 10.7. The predicted molar refractivity (Wildman–Crippen MR) is 88.7 cm³/mol. The lowest BCUT2D eigenvalue weighted by molar-refractivity contribution is -0.114. The van der Waals surface area contributed by atoms with Crippen LogP contribution < -0.4 is 5.32 Å². The summed E-state index contributed by atoms with van der Waals surface area (Å²) in [6, 6.07) is 9.37. The predicted octanol–water partition coefficient (Wildman–Crippen LogP) is 4.98. The van der Waals surface area contributed by atoms with Gasteiger partial charge < -0.3 is 5.32 Å². The van der Waals surface area contributed by atoms with Crippen molar-refractivity contribution in [3.63, 3.8) is 0 Å². The van der Waals surface area contributed by atoms with E-state index in [9.17, 15) is 4.79 Å². The fourth-order valence-electron chi connectivity index (χ4n) is 1.40. The van der Waals surface area contributed by atoms with Crippen LogP contribution in [0.5, 0.6) is 0 Å². The Morgan fingerprint density at radius 1 is 0.950 bits per heavy atom. The monoisotopic (exact) mass is 271 g/mol. The molecule has 1 aliphatic rings. The first kappa shape index (κ1) is 17.9. The summed E-state index contributed by atoms with van der Waals surface area (Å²) in [7, 11) is 0. The zero-order chi connectivity index (χ0) is 15.2. The highest BCUT2D eigenvalue weighted by molar-refractivity contribution is 5.88. The minimum atomic E-state index is -0.0359. The van der Waals surface area contributed by atoms with Gasteiger partial charge in [0.25, 0.3) is 0 Å². The van der Waals surface area contributed by atoms with Crippen LogP contribution in [0.4, 0.5) is 5.69 Å². The third-order valence-electron chi connectivity index (χ3n) is 2.26. The van der Waals surface area contributed by atoms with Crippen LogP contribution in [-0.2, 0) is 4.79 Å². The van der Waals surface area contributed by atoms with Gasteiger partial charge in [0.1, 0.15) is 0 Å². The Hall–Kier alpha value is -2.09. The summed E-state index contributed by atoms with van der Waals surface area (Å²) in [5.74, 6) is 0.566. The smallest absolute Gasteiger partial charge is 0.221 e.